The van der Waals surface area contributed by atoms with Crippen LogP contribution < -0.4 is 10.2 Å². The van der Waals surface area contributed by atoms with Gasteiger partial charge in [-0.15, -0.1) is 0 Å². The molecule has 4 heteroatoms. The Morgan fingerprint density at radius 1 is 1.00 bits per heavy atom. The molecule has 0 radical (unpaired) electrons. The second kappa shape index (κ2) is 5.74. The maximum Gasteiger partial charge on any atom is 0.259 e. The maximum atomic E-state index is 12.9. The molecule has 0 unspecified atom stereocenters. The molecule has 0 saturated heterocycles. The van der Waals surface area contributed by atoms with E-state index >= 15 is 0 Å². The average Bonchev–Trinajstić information content (AvgIpc) is 2.91. The summed E-state index contributed by atoms with van der Waals surface area (Å²) in [6.07, 6.45) is 0. The minimum atomic E-state index is -0.606. The van der Waals surface area contributed by atoms with Crippen molar-refractivity contribution in [2.24, 2.45) is 0 Å². The summed E-state index contributed by atoms with van der Waals surface area (Å²) in [7, 11) is 0. The summed E-state index contributed by atoms with van der Waals surface area (Å²) in [5.41, 5.74) is 3.21. The Morgan fingerprint density at radius 3 is 2.48 bits per heavy atom. The van der Waals surface area contributed by atoms with E-state index in [4.69, 9.17) is 0 Å². The first-order valence-corrected chi connectivity index (χ1v) is 8.30. The van der Waals surface area contributed by atoms with Gasteiger partial charge in [0.25, 0.3) is 5.91 Å². The first kappa shape index (κ1) is 15.4. The summed E-state index contributed by atoms with van der Waals surface area (Å²) < 4.78 is 0. The first-order chi connectivity index (χ1) is 12.1. The molecule has 2 amide bonds. The van der Waals surface area contributed by atoms with E-state index in [0.717, 1.165) is 27.7 Å². The van der Waals surface area contributed by atoms with Crippen LogP contribution >= 0.6 is 0 Å². The van der Waals surface area contributed by atoms with E-state index in [9.17, 15) is 9.59 Å². The molecule has 0 aromatic heterocycles. The van der Waals surface area contributed by atoms with Gasteiger partial charge in [-0.25, -0.2) is 0 Å². The second-order valence-corrected chi connectivity index (χ2v) is 6.34. The minimum absolute atomic E-state index is 0.126. The molecular weight excluding hydrogens is 312 g/mol. The third-order valence-corrected chi connectivity index (χ3v) is 4.76. The highest BCUT2D eigenvalue weighted by Crippen LogP contribution is 2.38. The molecule has 0 fully saturated rings. The largest absolute Gasteiger partial charge is 0.324 e. The van der Waals surface area contributed by atoms with Crippen molar-refractivity contribution in [3.63, 3.8) is 0 Å². The van der Waals surface area contributed by atoms with Crippen molar-refractivity contribution in [1.29, 1.82) is 0 Å². The van der Waals surface area contributed by atoms with Gasteiger partial charge in [-0.2, -0.15) is 0 Å². The lowest BCUT2D eigenvalue weighted by atomic mass is 10.1. The number of carbonyl (C=O) groups is 2. The molecule has 1 atom stereocenters. The molecular formula is C21H18N2O2. The van der Waals surface area contributed by atoms with Crippen LogP contribution in [0, 0.1) is 6.92 Å². The fraction of sp³-hybridized carbons (Fsp3) is 0.143. The normalized spacial score (nSPS) is 14.0. The van der Waals surface area contributed by atoms with E-state index in [2.05, 4.69) is 5.32 Å². The Kier molecular flexibility index (Phi) is 3.53. The highest BCUT2D eigenvalue weighted by molar-refractivity contribution is 6.26. The van der Waals surface area contributed by atoms with Crippen LogP contribution in [0.4, 0.5) is 11.4 Å². The predicted octanol–water partition coefficient (Wildman–Crippen LogP) is 4.14. The number of amides is 2. The van der Waals surface area contributed by atoms with Gasteiger partial charge in [-0.1, -0.05) is 42.5 Å². The number of nitrogens with one attached hydrogen (secondary N) is 1. The van der Waals surface area contributed by atoms with Crippen LogP contribution in [0.2, 0.25) is 0 Å². The summed E-state index contributed by atoms with van der Waals surface area (Å²) in [6.45, 7) is 3.70. The Labute approximate surface area is 146 Å². The molecule has 1 N–H and O–H groups in total. The van der Waals surface area contributed by atoms with Crippen LogP contribution in [0.15, 0.2) is 60.7 Å². The van der Waals surface area contributed by atoms with Crippen molar-refractivity contribution in [3.8, 4) is 0 Å². The molecule has 1 heterocycles. The average molecular weight is 330 g/mol. The maximum absolute atomic E-state index is 12.9. The van der Waals surface area contributed by atoms with E-state index < -0.39 is 6.04 Å². The van der Waals surface area contributed by atoms with Gasteiger partial charge in [0.1, 0.15) is 6.04 Å². The van der Waals surface area contributed by atoms with Gasteiger partial charge in [-0.05, 0) is 43.0 Å². The molecule has 1 aliphatic rings. The van der Waals surface area contributed by atoms with Gasteiger partial charge < -0.3 is 5.32 Å². The number of rotatable bonds is 3. The fourth-order valence-electron chi connectivity index (χ4n) is 3.39. The van der Waals surface area contributed by atoms with E-state index in [-0.39, 0.29) is 11.8 Å². The zero-order valence-electron chi connectivity index (χ0n) is 14.1. The van der Waals surface area contributed by atoms with Gasteiger partial charge >= 0.3 is 0 Å². The van der Waals surface area contributed by atoms with Crippen LogP contribution in [0.1, 0.15) is 22.8 Å². The zero-order valence-corrected chi connectivity index (χ0v) is 14.1. The van der Waals surface area contributed by atoms with Crippen molar-refractivity contribution < 1.29 is 9.59 Å². The van der Waals surface area contributed by atoms with Crippen molar-refractivity contribution in [2.45, 2.75) is 19.9 Å². The van der Waals surface area contributed by atoms with Crippen molar-refractivity contribution >= 4 is 34.0 Å². The highest BCUT2D eigenvalue weighted by atomic mass is 16.2. The second-order valence-electron chi connectivity index (χ2n) is 6.34. The lowest BCUT2D eigenvalue weighted by Crippen LogP contribution is -2.44. The Balaban J connectivity index is 1.69. The van der Waals surface area contributed by atoms with Crippen LogP contribution in [-0.4, -0.2) is 17.9 Å². The SMILES string of the molecule is Cc1ccccc1NC(=O)[C@@H](C)N1C(=O)c2cccc3cccc1c23. The Bertz CT molecular complexity index is 1000. The number of para-hydroxylation sites is 1. The predicted molar refractivity (Wildman–Crippen MR) is 100 cm³/mol. The molecule has 3 aromatic carbocycles. The summed E-state index contributed by atoms with van der Waals surface area (Å²) in [5, 5.41) is 4.87. The molecule has 4 rings (SSSR count). The molecule has 0 bridgehead atoms. The van der Waals surface area contributed by atoms with Gasteiger partial charge in [0, 0.05) is 16.6 Å². The Hall–Kier alpha value is -3.14. The molecule has 3 aromatic rings. The standard InChI is InChI=1S/C21H18N2O2/c1-13-7-3-4-11-17(13)22-20(24)14(2)23-18-12-6-9-15-8-5-10-16(19(15)18)21(23)25/h3-12,14H,1-2H3,(H,22,24)/t14-/m1/s1. The van der Waals surface area contributed by atoms with Gasteiger partial charge in [-0.3, -0.25) is 14.5 Å². The molecule has 4 nitrogen and oxygen atoms in total. The number of nitrogens with zero attached hydrogens (tertiary/aromatic N) is 1. The Morgan fingerprint density at radius 2 is 1.72 bits per heavy atom. The minimum Gasteiger partial charge on any atom is -0.324 e. The fourth-order valence-corrected chi connectivity index (χ4v) is 3.39. The highest BCUT2D eigenvalue weighted by Gasteiger charge is 2.35. The van der Waals surface area contributed by atoms with Gasteiger partial charge in [0.2, 0.25) is 5.91 Å². The van der Waals surface area contributed by atoms with E-state index in [1.807, 2.05) is 67.6 Å². The summed E-state index contributed by atoms with van der Waals surface area (Å²) >= 11 is 0. The summed E-state index contributed by atoms with van der Waals surface area (Å²) in [6, 6.07) is 18.5. The van der Waals surface area contributed by atoms with Crippen LogP contribution in [-0.2, 0) is 4.79 Å². The van der Waals surface area contributed by atoms with Crippen LogP contribution in [0.25, 0.3) is 10.8 Å². The quantitative estimate of drug-likeness (QED) is 0.785. The van der Waals surface area contributed by atoms with E-state index in [0.29, 0.717) is 5.56 Å². The monoisotopic (exact) mass is 330 g/mol. The number of carbonyl (C=O) groups excluding carboxylic acids is 2. The number of aryl methyl sites for hydroxylation is 1. The third kappa shape index (κ3) is 2.38. The van der Waals surface area contributed by atoms with Gasteiger partial charge in [0.05, 0.1) is 5.69 Å². The topological polar surface area (TPSA) is 49.4 Å². The summed E-state index contributed by atoms with van der Waals surface area (Å²) in [5.74, 6) is -0.327. The smallest absolute Gasteiger partial charge is 0.259 e. The number of anilines is 2. The molecule has 0 saturated carbocycles. The van der Waals surface area contributed by atoms with Crippen molar-refractivity contribution in [2.75, 3.05) is 10.2 Å². The molecule has 0 aliphatic carbocycles. The van der Waals surface area contributed by atoms with Crippen LogP contribution in [0.3, 0.4) is 0 Å². The lowest BCUT2D eigenvalue weighted by Gasteiger charge is -2.25. The first-order valence-electron chi connectivity index (χ1n) is 8.30. The molecule has 124 valence electrons. The zero-order chi connectivity index (χ0) is 17.6. The van der Waals surface area contributed by atoms with Crippen molar-refractivity contribution in [1.82, 2.24) is 0 Å². The summed E-state index contributed by atoms with van der Waals surface area (Å²) in [4.78, 5) is 27.2. The number of hydrogen-bond donors (Lipinski definition) is 1. The molecule has 1 aliphatic heterocycles. The van der Waals surface area contributed by atoms with Crippen LogP contribution in [0.5, 0.6) is 0 Å². The number of benzene rings is 3. The number of hydrogen-bond acceptors (Lipinski definition) is 2. The van der Waals surface area contributed by atoms with Crippen molar-refractivity contribution in [3.05, 3.63) is 71.8 Å². The van der Waals surface area contributed by atoms with E-state index in [1.165, 1.54) is 0 Å². The lowest BCUT2D eigenvalue weighted by molar-refractivity contribution is -0.117. The third-order valence-electron chi connectivity index (χ3n) is 4.76. The van der Waals surface area contributed by atoms with E-state index in [1.54, 1.807) is 11.8 Å². The molecule has 0 spiro atoms. The molecule has 25 heavy (non-hydrogen) atoms. The van der Waals surface area contributed by atoms with Gasteiger partial charge in [0.15, 0.2) is 0 Å².